The second-order valence-electron chi connectivity index (χ2n) is 6.44. The minimum atomic E-state index is -0.547. The number of carbonyl (C=O) groups excluding carboxylic acids is 2. The Bertz CT molecular complexity index is 804. The number of imide groups is 1. The van der Waals surface area contributed by atoms with Gasteiger partial charge in [0, 0.05) is 5.69 Å². The molecule has 0 spiro atoms. The minimum absolute atomic E-state index is 0.150. The van der Waals surface area contributed by atoms with Crippen molar-refractivity contribution in [3.05, 3.63) is 53.1 Å². The van der Waals surface area contributed by atoms with Crippen molar-refractivity contribution in [3.63, 3.8) is 0 Å². The summed E-state index contributed by atoms with van der Waals surface area (Å²) in [4.78, 5) is 26.4. The zero-order chi connectivity index (χ0) is 18.1. The van der Waals surface area contributed by atoms with E-state index in [1.54, 1.807) is 31.4 Å². The molecule has 1 saturated heterocycles. The van der Waals surface area contributed by atoms with E-state index in [9.17, 15) is 9.59 Å². The maximum absolute atomic E-state index is 12.8. The second-order valence-corrected chi connectivity index (χ2v) is 6.44. The number of hydrogen-bond donors (Lipinski definition) is 1. The Morgan fingerprint density at radius 1 is 1.04 bits per heavy atom. The van der Waals surface area contributed by atoms with Gasteiger partial charge in [0.15, 0.2) is 0 Å². The molecule has 5 heteroatoms. The van der Waals surface area contributed by atoms with E-state index in [1.165, 1.54) is 10.5 Å². The fourth-order valence-electron chi connectivity index (χ4n) is 3.33. The molecule has 1 aliphatic heterocycles. The van der Waals surface area contributed by atoms with Crippen molar-refractivity contribution in [3.8, 4) is 5.75 Å². The van der Waals surface area contributed by atoms with Crippen molar-refractivity contribution in [2.45, 2.75) is 33.2 Å². The first kappa shape index (κ1) is 17.0. The number of benzene rings is 2. The molecule has 2 aromatic rings. The molecule has 1 heterocycles. The van der Waals surface area contributed by atoms with Crippen LogP contribution in [0.25, 0.3) is 0 Å². The van der Waals surface area contributed by atoms with Crippen molar-refractivity contribution in [2.75, 3.05) is 17.3 Å². The van der Waals surface area contributed by atoms with Gasteiger partial charge in [-0.3, -0.25) is 9.59 Å². The number of methoxy groups -OCH3 is 1. The lowest BCUT2D eigenvalue weighted by Crippen LogP contribution is -2.35. The molecule has 1 atom stereocenters. The van der Waals surface area contributed by atoms with Gasteiger partial charge >= 0.3 is 0 Å². The van der Waals surface area contributed by atoms with E-state index in [-0.39, 0.29) is 18.2 Å². The van der Waals surface area contributed by atoms with E-state index in [4.69, 9.17) is 4.74 Å². The van der Waals surface area contributed by atoms with Crippen LogP contribution in [-0.4, -0.2) is 25.0 Å². The first-order valence-corrected chi connectivity index (χ1v) is 8.26. The van der Waals surface area contributed by atoms with Crippen LogP contribution in [0.15, 0.2) is 36.4 Å². The largest absolute Gasteiger partial charge is 0.497 e. The highest BCUT2D eigenvalue weighted by Crippen LogP contribution is 2.29. The molecule has 2 aromatic carbocycles. The molecule has 0 aliphatic carbocycles. The zero-order valence-corrected chi connectivity index (χ0v) is 14.9. The Hall–Kier alpha value is -2.82. The number of amides is 2. The number of rotatable bonds is 4. The number of carbonyl (C=O) groups is 2. The highest BCUT2D eigenvalue weighted by molar-refractivity contribution is 6.23. The average Bonchev–Trinajstić information content (AvgIpc) is 2.85. The molecule has 1 N–H and O–H groups in total. The van der Waals surface area contributed by atoms with Crippen LogP contribution in [0.5, 0.6) is 5.75 Å². The summed E-state index contributed by atoms with van der Waals surface area (Å²) in [5, 5.41) is 3.27. The van der Waals surface area contributed by atoms with Gasteiger partial charge in [-0.2, -0.15) is 0 Å². The molecule has 0 unspecified atom stereocenters. The molecule has 130 valence electrons. The molecule has 25 heavy (non-hydrogen) atoms. The van der Waals surface area contributed by atoms with Crippen molar-refractivity contribution in [2.24, 2.45) is 0 Å². The summed E-state index contributed by atoms with van der Waals surface area (Å²) < 4.78 is 5.12. The van der Waals surface area contributed by atoms with Crippen LogP contribution in [0.2, 0.25) is 0 Å². The van der Waals surface area contributed by atoms with Gasteiger partial charge in [0.05, 0.1) is 19.2 Å². The van der Waals surface area contributed by atoms with E-state index in [0.29, 0.717) is 11.4 Å². The lowest BCUT2D eigenvalue weighted by Gasteiger charge is -2.19. The van der Waals surface area contributed by atoms with Gasteiger partial charge in [-0.05, 0) is 56.2 Å². The smallest absolute Gasteiger partial charge is 0.256 e. The quantitative estimate of drug-likeness (QED) is 0.869. The number of ether oxygens (including phenoxy) is 1. The topological polar surface area (TPSA) is 58.6 Å². The fourth-order valence-corrected chi connectivity index (χ4v) is 3.33. The maximum Gasteiger partial charge on any atom is 0.256 e. The Morgan fingerprint density at radius 3 is 2.20 bits per heavy atom. The number of aryl methyl sites for hydroxylation is 3. The van der Waals surface area contributed by atoms with Crippen molar-refractivity contribution < 1.29 is 14.3 Å². The van der Waals surface area contributed by atoms with Gasteiger partial charge in [-0.25, -0.2) is 4.90 Å². The summed E-state index contributed by atoms with van der Waals surface area (Å²) in [6.07, 6.45) is 0.150. The van der Waals surface area contributed by atoms with Crippen LogP contribution in [0.3, 0.4) is 0 Å². The predicted molar refractivity (Wildman–Crippen MR) is 98.2 cm³/mol. The van der Waals surface area contributed by atoms with Crippen LogP contribution >= 0.6 is 0 Å². The van der Waals surface area contributed by atoms with Crippen molar-refractivity contribution >= 4 is 23.2 Å². The van der Waals surface area contributed by atoms with Gasteiger partial charge in [0.2, 0.25) is 5.91 Å². The molecular formula is C20H22N2O3. The van der Waals surface area contributed by atoms with E-state index in [2.05, 4.69) is 17.4 Å². The van der Waals surface area contributed by atoms with E-state index < -0.39 is 6.04 Å². The van der Waals surface area contributed by atoms with Crippen LogP contribution in [0, 0.1) is 20.8 Å². The number of anilines is 2. The standard InChI is InChI=1S/C20H22N2O3/c1-12-9-13(2)19(14(3)10-12)21-17-11-18(23)22(20(17)24)15-5-7-16(25-4)8-6-15/h5-10,17,21H,11H2,1-4H3/t17-/m0/s1. The summed E-state index contributed by atoms with van der Waals surface area (Å²) in [6.45, 7) is 6.05. The maximum atomic E-state index is 12.8. The molecule has 0 radical (unpaired) electrons. The summed E-state index contributed by atoms with van der Waals surface area (Å²) in [6, 6.07) is 10.5. The first-order valence-electron chi connectivity index (χ1n) is 8.26. The first-order chi connectivity index (χ1) is 11.9. The van der Waals surface area contributed by atoms with E-state index in [0.717, 1.165) is 16.8 Å². The predicted octanol–water partition coefficient (Wildman–Crippen LogP) is 3.36. The molecule has 0 bridgehead atoms. The van der Waals surface area contributed by atoms with E-state index in [1.807, 2.05) is 20.8 Å². The number of hydrogen-bond acceptors (Lipinski definition) is 4. The number of nitrogens with zero attached hydrogens (tertiary/aromatic N) is 1. The Kier molecular flexibility index (Phi) is 4.49. The Balaban J connectivity index is 1.84. The molecule has 0 aromatic heterocycles. The highest BCUT2D eigenvalue weighted by atomic mass is 16.5. The van der Waals surface area contributed by atoms with E-state index >= 15 is 0 Å². The third-order valence-electron chi connectivity index (χ3n) is 4.47. The highest BCUT2D eigenvalue weighted by Gasteiger charge is 2.39. The molecule has 3 rings (SSSR count). The summed E-state index contributed by atoms with van der Waals surface area (Å²) in [5.74, 6) is 0.257. The summed E-state index contributed by atoms with van der Waals surface area (Å²) >= 11 is 0. The minimum Gasteiger partial charge on any atom is -0.497 e. The van der Waals surface area contributed by atoms with Gasteiger partial charge in [0.1, 0.15) is 11.8 Å². The lowest BCUT2D eigenvalue weighted by molar-refractivity contribution is -0.121. The second kappa shape index (κ2) is 6.59. The Labute approximate surface area is 147 Å². The number of nitrogens with one attached hydrogen (secondary N) is 1. The lowest BCUT2D eigenvalue weighted by atomic mass is 10.0. The third-order valence-corrected chi connectivity index (χ3v) is 4.47. The molecule has 1 fully saturated rings. The average molecular weight is 338 g/mol. The molecule has 5 nitrogen and oxygen atoms in total. The Morgan fingerprint density at radius 2 is 1.64 bits per heavy atom. The summed E-state index contributed by atoms with van der Waals surface area (Å²) in [7, 11) is 1.58. The van der Waals surface area contributed by atoms with Gasteiger partial charge in [-0.1, -0.05) is 17.7 Å². The van der Waals surface area contributed by atoms with Gasteiger partial charge in [-0.15, -0.1) is 0 Å². The zero-order valence-electron chi connectivity index (χ0n) is 14.9. The third kappa shape index (κ3) is 3.22. The van der Waals surface area contributed by atoms with Crippen LogP contribution in [0.4, 0.5) is 11.4 Å². The van der Waals surface area contributed by atoms with Gasteiger partial charge < -0.3 is 10.1 Å². The monoisotopic (exact) mass is 338 g/mol. The van der Waals surface area contributed by atoms with Crippen LogP contribution in [-0.2, 0) is 9.59 Å². The van der Waals surface area contributed by atoms with Gasteiger partial charge in [0.25, 0.3) is 5.91 Å². The van der Waals surface area contributed by atoms with Crippen LogP contribution in [0.1, 0.15) is 23.1 Å². The van der Waals surface area contributed by atoms with Crippen molar-refractivity contribution in [1.82, 2.24) is 0 Å². The molecular weight excluding hydrogens is 316 g/mol. The van der Waals surface area contributed by atoms with Crippen molar-refractivity contribution in [1.29, 1.82) is 0 Å². The normalized spacial score (nSPS) is 17.1. The molecule has 2 amide bonds. The fraction of sp³-hybridized carbons (Fsp3) is 0.300. The SMILES string of the molecule is COc1ccc(N2C(=O)C[C@H](Nc3c(C)cc(C)cc3C)C2=O)cc1. The molecule has 0 saturated carbocycles. The molecule has 1 aliphatic rings. The summed E-state index contributed by atoms with van der Waals surface area (Å²) in [5.41, 5.74) is 4.81. The van der Waals surface area contributed by atoms with Crippen LogP contribution < -0.4 is 15.0 Å².